The molecule has 1 aromatic heterocycles. The first kappa shape index (κ1) is 22.1. The minimum absolute atomic E-state index is 0.0278. The number of benzene rings is 2. The van der Waals surface area contributed by atoms with Crippen LogP contribution in [0.4, 0.5) is 15.9 Å². The largest absolute Gasteiger partial charge is 0.480 e. The summed E-state index contributed by atoms with van der Waals surface area (Å²) in [5, 5.41) is 12.4. The van der Waals surface area contributed by atoms with Crippen LogP contribution in [-0.4, -0.2) is 36.7 Å². The van der Waals surface area contributed by atoms with E-state index in [2.05, 4.69) is 25.6 Å². The van der Waals surface area contributed by atoms with E-state index in [1.165, 1.54) is 61.7 Å². The van der Waals surface area contributed by atoms with Crippen molar-refractivity contribution in [2.45, 2.75) is 4.90 Å². The van der Waals surface area contributed by atoms with E-state index in [0.717, 1.165) is 6.07 Å². The lowest BCUT2D eigenvalue weighted by Gasteiger charge is -2.11. The van der Waals surface area contributed by atoms with Crippen LogP contribution in [-0.2, 0) is 10.0 Å². The lowest BCUT2D eigenvalue weighted by atomic mass is 10.2. The number of nitrogens with zero attached hydrogens (tertiary/aromatic N) is 2. The second-order valence-corrected chi connectivity index (χ2v) is 8.07. The molecule has 0 aliphatic heterocycles. The van der Waals surface area contributed by atoms with Gasteiger partial charge in [-0.3, -0.25) is 14.8 Å². The fourth-order valence-corrected chi connectivity index (χ4v) is 3.58. The number of aromatic nitrogens is 2. The summed E-state index contributed by atoms with van der Waals surface area (Å²) >= 11 is 5.05. The van der Waals surface area contributed by atoms with E-state index in [-0.39, 0.29) is 27.3 Å². The van der Waals surface area contributed by atoms with Crippen molar-refractivity contribution in [1.29, 1.82) is 0 Å². The Balaban J connectivity index is 1.63. The lowest BCUT2D eigenvalue weighted by molar-refractivity contribution is 0.0974. The molecule has 0 radical (unpaired) electrons. The third kappa shape index (κ3) is 5.71. The van der Waals surface area contributed by atoms with Crippen LogP contribution in [0.15, 0.2) is 65.6 Å². The normalized spacial score (nSPS) is 10.8. The highest BCUT2D eigenvalue weighted by atomic mass is 32.2. The van der Waals surface area contributed by atoms with Crippen molar-refractivity contribution in [2.75, 3.05) is 17.1 Å². The minimum Gasteiger partial charge on any atom is -0.480 e. The minimum atomic E-state index is -3.90. The lowest BCUT2D eigenvalue weighted by Crippen LogP contribution is -2.34. The monoisotopic (exact) mass is 461 g/mol. The van der Waals surface area contributed by atoms with Crippen LogP contribution in [0.3, 0.4) is 0 Å². The third-order valence-corrected chi connectivity index (χ3v) is 5.43. The van der Waals surface area contributed by atoms with E-state index in [9.17, 15) is 17.6 Å². The molecule has 160 valence electrons. The van der Waals surface area contributed by atoms with Gasteiger partial charge >= 0.3 is 0 Å². The number of sulfonamides is 1. The van der Waals surface area contributed by atoms with Crippen LogP contribution < -0.4 is 20.1 Å². The fourth-order valence-electron chi connectivity index (χ4n) is 2.38. The number of carbonyl (C=O) groups excluding carboxylic acids is 1. The van der Waals surface area contributed by atoms with Crippen molar-refractivity contribution < 1.29 is 22.3 Å². The summed E-state index contributed by atoms with van der Waals surface area (Å²) in [5.74, 6) is -1.11. The maximum absolute atomic E-state index is 13.7. The summed E-state index contributed by atoms with van der Waals surface area (Å²) in [6, 6.07) is 13.9. The second-order valence-electron chi connectivity index (χ2n) is 5.98. The molecule has 1 heterocycles. The SMILES string of the molecule is COc1ccc(NS(=O)(=O)c2ccc(NC(=S)NC(=O)c3ccccc3F)cc2)nn1. The number of thiocarbonyl (C=S) groups is 1. The Morgan fingerprint density at radius 3 is 2.35 bits per heavy atom. The van der Waals surface area contributed by atoms with Gasteiger partial charge < -0.3 is 10.1 Å². The number of amides is 1. The number of carbonyl (C=O) groups is 1. The molecule has 0 atom stereocenters. The van der Waals surface area contributed by atoms with Crippen LogP contribution in [0, 0.1) is 5.82 Å². The first-order valence-corrected chi connectivity index (χ1v) is 10.5. The Hall–Kier alpha value is -3.64. The quantitative estimate of drug-likeness (QED) is 0.479. The van der Waals surface area contributed by atoms with Gasteiger partial charge in [-0.05, 0) is 54.7 Å². The van der Waals surface area contributed by atoms with E-state index >= 15 is 0 Å². The summed E-state index contributed by atoms with van der Waals surface area (Å²) in [4.78, 5) is 12.0. The van der Waals surface area contributed by atoms with E-state index in [0.29, 0.717) is 5.69 Å². The number of nitrogens with one attached hydrogen (secondary N) is 3. The predicted octanol–water partition coefficient (Wildman–Crippen LogP) is 2.55. The molecule has 3 rings (SSSR count). The molecular weight excluding hydrogens is 445 g/mol. The number of ether oxygens (including phenoxy) is 1. The zero-order valence-corrected chi connectivity index (χ0v) is 17.6. The van der Waals surface area contributed by atoms with Gasteiger partial charge in [-0.25, -0.2) is 12.8 Å². The topological polar surface area (TPSA) is 122 Å². The molecule has 2 aromatic carbocycles. The van der Waals surface area contributed by atoms with Crippen molar-refractivity contribution in [3.05, 3.63) is 72.0 Å². The van der Waals surface area contributed by atoms with Crippen molar-refractivity contribution in [2.24, 2.45) is 0 Å². The van der Waals surface area contributed by atoms with Crippen molar-refractivity contribution >= 4 is 44.8 Å². The highest BCUT2D eigenvalue weighted by molar-refractivity contribution is 7.92. The Kier molecular flexibility index (Phi) is 6.72. The summed E-state index contributed by atoms with van der Waals surface area (Å²) in [5.41, 5.74) is 0.266. The third-order valence-electron chi connectivity index (χ3n) is 3.86. The predicted molar refractivity (Wildman–Crippen MR) is 116 cm³/mol. The highest BCUT2D eigenvalue weighted by Gasteiger charge is 2.16. The highest BCUT2D eigenvalue weighted by Crippen LogP contribution is 2.18. The van der Waals surface area contributed by atoms with Crippen LogP contribution in [0.1, 0.15) is 10.4 Å². The molecule has 0 saturated carbocycles. The molecule has 0 fully saturated rings. The molecule has 3 aromatic rings. The molecule has 0 bridgehead atoms. The molecule has 0 aliphatic carbocycles. The Morgan fingerprint density at radius 1 is 1.03 bits per heavy atom. The van der Waals surface area contributed by atoms with E-state index < -0.39 is 21.7 Å². The van der Waals surface area contributed by atoms with Crippen LogP contribution in [0.5, 0.6) is 5.88 Å². The van der Waals surface area contributed by atoms with Crippen molar-refractivity contribution in [1.82, 2.24) is 15.5 Å². The number of hydrogen-bond acceptors (Lipinski definition) is 7. The molecule has 12 heteroatoms. The number of rotatable bonds is 6. The zero-order chi connectivity index (χ0) is 22.4. The van der Waals surface area contributed by atoms with Gasteiger partial charge in [-0.2, -0.15) is 0 Å². The Bertz CT molecular complexity index is 1200. The summed E-state index contributed by atoms with van der Waals surface area (Å²) in [6.45, 7) is 0. The van der Waals surface area contributed by atoms with Gasteiger partial charge in [0.25, 0.3) is 15.9 Å². The smallest absolute Gasteiger partial charge is 0.263 e. The standard InChI is InChI=1S/C19H16FN5O4S2/c1-29-17-11-10-16(23-24-17)25-31(27,28)13-8-6-12(7-9-13)21-19(30)22-18(26)14-4-2-3-5-15(14)20/h2-11H,1H3,(H,23,25)(H2,21,22,26,30). The van der Waals surface area contributed by atoms with E-state index in [1.807, 2.05) is 0 Å². The van der Waals surface area contributed by atoms with Gasteiger partial charge in [0.15, 0.2) is 10.9 Å². The number of halogens is 1. The van der Waals surface area contributed by atoms with Gasteiger partial charge in [0.05, 0.1) is 17.6 Å². The average molecular weight is 462 g/mol. The zero-order valence-electron chi connectivity index (χ0n) is 16.0. The van der Waals surface area contributed by atoms with E-state index in [4.69, 9.17) is 17.0 Å². The van der Waals surface area contributed by atoms with Gasteiger partial charge in [0.1, 0.15) is 5.82 Å². The summed E-state index contributed by atoms with van der Waals surface area (Å²) in [6.07, 6.45) is 0. The van der Waals surface area contributed by atoms with Crippen LogP contribution in [0.25, 0.3) is 0 Å². The maximum atomic E-state index is 13.7. The maximum Gasteiger partial charge on any atom is 0.263 e. The van der Waals surface area contributed by atoms with Gasteiger partial charge in [-0.1, -0.05) is 12.1 Å². The number of anilines is 2. The Morgan fingerprint density at radius 2 is 1.74 bits per heavy atom. The molecule has 9 nitrogen and oxygen atoms in total. The van der Waals surface area contributed by atoms with Crippen LogP contribution >= 0.6 is 12.2 Å². The van der Waals surface area contributed by atoms with Gasteiger partial charge in [-0.15, -0.1) is 10.2 Å². The summed E-state index contributed by atoms with van der Waals surface area (Å²) < 4.78 is 45.8. The number of hydrogen-bond donors (Lipinski definition) is 3. The van der Waals surface area contributed by atoms with Gasteiger partial charge in [0, 0.05) is 11.8 Å². The molecule has 3 N–H and O–H groups in total. The van der Waals surface area contributed by atoms with E-state index in [1.54, 1.807) is 0 Å². The second kappa shape index (κ2) is 9.45. The average Bonchev–Trinajstić information content (AvgIpc) is 2.74. The number of methoxy groups -OCH3 is 1. The molecule has 1 amide bonds. The van der Waals surface area contributed by atoms with Crippen molar-refractivity contribution in [3.63, 3.8) is 0 Å². The fraction of sp³-hybridized carbons (Fsp3) is 0.0526. The van der Waals surface area contributed by atoms with Crippen LogP contribution in [0.2, 0.25) is 0 Å². The molecule has 0 saturated heterocycles. The molecule has 0 aliphatic rings. The molecule has 0 unspecified atom stereocenters. The van der Waals surface area contributed by atoms with Crippen molar-refractivity contribution in [3.8, 4) is 5.88 Å². The molecule has 0 spiro atoms. The summed E-state index contributed by atoms with van der Waals surface area (Å²) in [7, 11) is -2.49. The van der Waals surface area contributed by atoms with Gasteiger partial charge in [0.2, 0.25) is 5.88 Å². The molecular formula is C19H16FN5O4S2. The Labute approximate surface area is 182 Å². The molecule has 31 heavy (non-hydrogen) atoms. The first-order chi connectivity index (χ1) is 14.8. The first-order valence-electron chi connectivity index (χ1n) is 8.66.